The van der Waals surface area contributed by atoms with Gasteiger partial charge in [0, 0.05) is 12.1 Å². The van der Waals surface area contributed by atoms with Gasteiger partial charge < -0.3 is 18.1 Å². The van der Waals surface area contributed by atoms with E-state index >= 15 is 0 Å². The van der Waals surface area contributed by atoms with Gasteiger partial charge in [-0.1, -0.05) is 29.3 Å². The molecule has 3 N–H and O–H groups in total. The second kappa shape index (κ2) is 7.47. The lowest BCUT2D eigenvalue weighted by molar-refractivity contribution is -0.684. The van der Waals surface area contributed by atoms with Crippen LogP contribution >= 0.6 is 23.2 Å². The molecule has 0 aliphatic rings. The highest BCUT2D eigenvalue weighted by Gasteiger charge is 2.19. The summed E-state index contributed by atoms with van der Waals surface area (Å²) in [4.78, 5) is 12.0. The van der Waals surface area contributed by atoms with E-state index in [0.717, 1.165) is 0 Å². The molecule has 0 atom stereocenters. The van der Waals surface area contributed by atoms with Gasteiger partial charge in [-0.2, -0.15) is 9.63 Å². The predicted octanol–water partition coefficient (Wildman–Crippen LogP) is -0.711. The molecule has 0 fully saturated rings. The number of anilines is 2. The van der Waals surface area contributed by atoms with E-state index in [-0.39, 0.29) is 40.4 Å². The third kappa shape index (κ3) is 4.22. The Bertz CT molecular complexity index is 615. The standard InChI is InChI=1S/C13H12Cl2N3O2.ClH/c14-10-6-9(7-11(15)13(10)16)18(20)12(19)8-17-4-2-1-3-5-17;/h1-7,20H,8,16H2;1H/q+1;/p-1. The van der Waals surface area contributed by atoms with E-state index < -0.39 is 5.91 Å². The van der Waals surface area contributed by atoms with Gasteiger partial charge in [0.05, 0.1) is 21.4 Å². The second-order valence-corrected chi connectivity index (χ2v) is 4.89. The lowest BCUT2D eigenvalue weighted by atomic mass is 10.2. The molecule has 2 rings (SSSR count). The minimum absolute atomic E-state index is 0. The van der Waals surface area contributed by atoms with Crippen LogP contribution in [-0.2, 0) is 11.3 Å². The number of hydrogen-bond acceptors (Lipinski definition) is 3. The van der Waals surface area contributed by atoms with Crippen LogP contribution in [0, 0.1) is 0 Å². The molecule has 1 amide bonds. The van der Waals surface area contributed by atoms with E-state index in [1.165, 1.54) is 12.1 Å². The van der Waals surface area contributed by atoms with Gasteiger partial charge in [-0.3, -0.25) is 10.0 Å². The lowest BCUT2D eigenvalue weighted by Crippen LogP contribution is -3.00. The number of aromatic nitrogens is 1. The Kier molecular flexibility index (Phi) is 6.23. The Labute approximate surface area is 137 Å². The summed E-state index contributed by atoms with van der Waals surface area (Å²) in [5, 5.41) is 10.7. The molecule has 1 heterocycles. The maximum absolute atomic E-state index is 12.0. The fourth-order valence-corrected chi connectivity index (χ4v) is 2.08. The summed E-state index contributed by atoms with van der Waals surface area (Å²) in [6, 6.07) is 8.14. The van der Waals surface area contributed by atoms with Gasteiger partial charge in [-0.15, -0.1) is 0 Å². The first kappa shape index (κ1) is 17.5. The molecule has 0 bridgehead atoms. The number of hydroxylamine groups is 1. The number of rotatable bonds is 3. The topological polar surface area (TPSA) is 70.4 Å². The van der Waals surface area contributed by atoms with Crippen LogP contribution in [0.1, 0.15) is 0 Å². The Morgan fingerprint density at radius 1 is 1.19 bits per heavy atom. The molecule has 0 saturated heterocycles. The molecule has 0 aliphatic heterocycles. The van der Waals surface area contributed by atoms with Crippen LogP contribution in [0.4, 0.5) is 11.4 Å². The first-order chi connectivity index (χ1) is 9.49. The molecule has 112 valence electrons. The van der Waals surface area contributed by atoms with Crippen molar-refractivity contribution in [2.45, 2.75) is 6.54 Å². The van der Waals surface area contributed by atoms with Crippen LogP contribution in [0.3, 0.4) is 0 Å². The van der Waals surface area contributed by atoms with Crippen molar-refractivity contribution in [2.75, 3.05) is 10.8 Å². The summed E-state index contributed by atoms with van der Waals surface area (Å²) >= 11 is 11.7. The Morgan fingerprint density at radius 3 is 2.24 bits per heavy atom. The summed E-state index contributed by atoms with van der Waals surface area (Å²) in [5.74, 6) is -0.530. The Morgan fingerprint density at radius 2 is 1.71 bits per heavy atom. The molecule has 1 aromatic carbocycles. The molecule has 0 aliphatic carbocycles. The quantitative estimate of drug-likeness (QED) is 0.333. The van der Waals surface area contributed by atoms with Crippen molar-refractivity contribution in [3.63, 3.8) is 0 Å². The molecule has 0 unspecified atom stereocenters. The second-order valence-electron chi connectivity index (χ2n) is 4.08. The lowest BCUT2D eigenvalue weighted by Gasteiger charge is -2.15. The first-order valence-corrected chi connectivity index (χ1v) is 6.45. The molecule has 0 saturated carbocycles. The zero-order valence-corrected chi connectivity index (χ0v) is 13.0. The van der Waals surface area contributed by atoms with Gasteiger partial charge >= 0.3 is 5.91 Å². The van der Waals surface area contributed by atoms with Crippen molar-refractivity contribution in [1.82, 2.24) is 0 Å². The van der Waals surface area contributed by atoms with Crippen LogP contribution in [0.5, 0.6) is 0 Å². The normalized spacial score (nSPS) is 9.86. The van der Waals surface area contributed by atoms with Crippen LogP contribution in [0.2, 0.25) is 10.0 Å². The van der Waals surface area contributed by atoms with Crippen LogP contribution < -0.4 is 27.8 Å². The van der Waals surface area contributed by atoms with E-state index in [1.807, 2.05) is 6.07 Å². The third-order valence-corrected chi connectivity index (χ3v) is 3.27. The smallest absolute Gasteiger partial charge is 0.316 e. The van der Waals surface area contributed by atoms with Crippen LogP contribution in [-0.4, -0.2) is 11.1 Å². The van der Waals surface area contributed by atoms with Gasteiger partial charge in [0.1, 0.15) is 0 Å². The highest BCUT2D eigenvalue weighted by molar-refractivity contribution is 6.39. The summed E-state index contributed by atoms with van der Waals surface area (Å²) in [6.45, 7) is -0.0169. The highest BCUT2D eigenvalue weighted by Crippen LogP contribution is 2.32. The van der Waals surface area contributed by atoms with E-state index in [9.17, 15) is 10.0 Å². The van der Waals surface area contributed by atoms with E-state index in [1.54, 1.807) is 29.1 Å². The van der Waals surface area contributed by atoms with Gasteiger partial charge in [0.25, 0.3) is 0 Å². The van der Waals surface area contributed by atoms with Crippen molar-refractivity contribution in [3.8, 4) is 0 Å². The van der Waals surface area contributed by atoms with Crippen LogP contribution in [0.25, 0.3) is 0 Å². The number of hydrogen-bond donors (Lipinski definition) is 2. The van der Waals surface area contributed by atoms with E-state index in [4.69, 9.17) is 28.9 Å². The van der Waals surface area contributed by atoms with Crippen molar-refractivity contribution in [2.24, 2.45) is 0 Å². The zero-order valence-electron chi connectivity index (χ0n) is 10.7. The third-order valence-electron chi connectivity index (χ3n) is 2.64. The minimum Gasteiger partial charge on any atom is -1.00 e. The Hall–Kier alpha value is -1.53. The number of carbonyl (C=O) groups excluding carboxylic acids is 1. The molecule has 0 radical (unpaired) electrons. The van der Waals surface area contributed by atoms with Gasteiger partial charge in [-0.05, 0) is 12.1 Å². The number of nitrogens with zero attached hydrogens (tertiary/aromatic N) is 2. The maximum Gasteiger partial charge on any atom is 0.316 e. The summed E-state index contributed by atoms with van der Waals surface area (Å²) in [7, 11) is 0. The van der Waals surface area contributed by atoms with Gasteiger partial charge in [-0.25, -0.2) is 0 Å². The maximum atomic E-state index is 12.0. The largest absolute Gasteiger partial charge is 1.00 e. The minimum atomic E-state index is -0.530. The number of halogens is 3. The summed E-state index contributed by atoms with van der Waals surface area (Å²) in [6.07, 6.45) is 3.43. The monoisotopic (exact) mass is 347 g/mol. The number of pyridine rings is 1. The molecule has 2 aromatic rings. The zero-order chi connectivity index (χ0) is 14.7. The predicted molar refractivity (Wildman–Crippen MR) is 76.8 cm³/mol. The number of nitrogens with two attached hydrogens (primary N) is 1. The number of carbonyl (C=O) groups is 1. The summed E-state index contributed by atoms with van der Waals surface area (Å²) in [5.41, 5.74) is 5.96. The van der Waals surface area contributed by atoms with Crippen molar-refractivity contribution in [1.29, 1.82) is 0 Å². The van der Waals surface area contributed by atoms with Gasteiger partial charge in [0.2, 0.25) is 6.54 Å². The molecule has 5 nitrogen and oxygen atoms in total. The van der Waals surface area contributed by atoms with Crippen molar-refractivity contribution < 1.29 is 27.0 Å². The summed E-state index contributed by atoms with van der Waals surface area (Å²) < 4.78 is 1.63. The molecule has 1 aromatic heterocycles. The van der Waals surface area contributed by atoms with Crippen molar-refractivity contribution in [3.05, 3.63) is 52.8 Å². The van der Waals surface area contributed by atoms with E-state index in [0.29, 0.717) is 5.06 Å². The van der Waals surface area contributed by atoms with Crippen molar-refractivity contribution >= 4 is 40.5 Å². The van der Waals surface area contributed by atoms with Gasteiger partial charge in [0.15, 0.2) is 12.4 Å². The average molecular weight is 349 g/mol. The van der Waals surface area contributed by atoms with Crippen LogP contribution in [0.15, 0.2) is 42.7 Å². The molecule has 0 spiro atoms. The highest BCUT2D eigenvalue weighted by atomic mass is 35.5. The average Bonchev–Trinajstić information content (AvgIpc) is 2.44. The number of nitrogen functional groups attached to an aromatic ring is 1. The molecular weight excluding hydrogens is 337 g/mol. The molecular formula is C13H12Cl3N3O2. The number of benzene rings is 1. The molecule has 8 heteroatoms. The fourth-order valence-electron chi connectivity index (χ4n) is 1.60. The Balaban J connectivity index is 0.00000220. The number of amides is 1. The molecule has 21 heavy (non-hydrogen) atoms. The SMILES string of the molecule is Nc1c(Cl)cc(N(O)C(=O)C[n+]2ccccc2)cc1Cl.[Cl-]. The fraction of sp³-hybridized carbons (Fsp3) is 0.0769. The van der Waals surface area contributed by atoms with E-state index in [2.05, 4.69) is 0 Å². The first-order valence-electron chi connectivity index (χ1n) is 5.69.